The number of halogens is 2. The van der Waals surface area contributed by atoms with Gasteiger partial charge in [0, 0.05) is 43.9 Å². The second-order valence-corrected chi connectivity index (χ2v) is 7.38. The molecule has 25 heavy (non-hydrogen) atoms. The summed E-state index contributed by atoms with van der Waals surface area (Å²) in [6.07, 6.45) is 1.90. The van der Waals surface area contributed by atoms with Crippen LogP contribution in [0, 0.1) is 13.8 Å². The van der Waals surface area contributed by atoms with E-state index in [2.05, 4.69) is 67.4 Å². The molecule has 0 radical (unpaired) electrons. The van der Waals surface area contributed by atoms with E-state index in [1.165, 1.54) is 0 Å². The van der Waals surface area contributed by atoms with Gasteiger partial charge in [-0.1, -0.05) is 22.0 Å². The van der Waals surface area contributed by atoms with Crippen molar-refractivity contribution in [2.24, 2.45) is 4.99 Å². The highest BCUT2D eigenvalue weighted by atomic mass is 79.9. The predicted molar refractivity (Wildman–Crippen MR) is 111 cm³/mol. The van der Waals surface area contributed by atoms with Crippen LogP contribution < -0.4 is 4.74 Å². The van der Waals surface area contributed by atoms with Crippen LogP contribution in [-0.4, -0.2) is 17.9 Å². The highest BCUT2D eigenvalue weighted by Gasteiger charge is 2.15. The smallest absolute Gasteiger partial charge is 0.121 e. The van der Waals surface area contributed by atoms with Crippen LogP contribution in [0.3, 0.4) is 0 Å². The molecule has 0 spiro atoms. The summed E-state index contributed by atoms with van der Waals surface area (Å²) in [6, 6.07) is 16.0. The third-order valence-corrected chi connectivity index (χ3v) is 5.63. The lowest BCUT2D eigenvalue weighted by Gasteiger charge is -2.09. The molecule has 0 aliphatic rings. The van der Waals surface area contributed by atoms with Crippen LogP contribution in [0.2, 0.25) is 0 Å². The van der Waals surface area contributed by atoms with Gasteiger partial charge in [-0.2, -0.15) is 0 Å². The van der Waals surface area contributed by atoms with Crippen molar-refractivity contribution in [3.05, 3.63) is 74.4 Å². The van der Waals surface area contributed by atoms with Crippen molar-refractivity contribution in [3.8, 4) is 11.4 Å². The van der Waals surface area contributed by atoms with Gasteiger partial charge >= 0.3 is 0 Å². The third kappa shape index (κ3) is 3.72. The summed E-state index contributed by atoms with van der Waals surface area (Å²) in [4.78, 5) is 4.61. The quantitative estimate of drug-likeness (QED) is 0.414. The Hall–Kier alpha value is -1.85. The number of rotatable bonds is 4. The highest BCUT2D eigenvalue weighted by molar-refractivity contribution is 9.10. The fourth-order valence-corrected chi connectivity index (χ4v) is 3.61. The lowest BCUT2D eigenvalue weighted by molar-refractivity contribution is 0.415. The zero-order valence-electron chi connectivity index (χ0n) is 14.3. The molecule has 0 aliphatic heterocycles. The first-order chi connectivity index (χ1) is 12.0. The van der Waals surface area contributed by atoms with Crippen molar-refractivity contribution in [1.82, 2.24) is 4.57 Å². The summed E-state index contributed by atoms with van der Waals surface area (Å²) in [5.74, 6) is 0.800. The van der Waals surface area contributed by atoms with Crippen LogP contribution in [0.25, 0.3) is 5.69 Å². The molecule has 1 aromatic heterocycles. The molecule has 0 unspecified atom stereocenters. The molecule has 0 saturated heterocycles. The summed E-state index contributed by atoms with van der Waals surface area (Å²) in [5.41, 5.74) is 5.34. The Bertz CT molecular complexity index is 928. The standard InChI is InChI=1S/C20H18Br2N2O/c1-13-19(12-23-16-5-4-6-18(11-16)25-3)20(22)14(2)24(13)17-9-7-15(21)8-10-17/h4-12H,1-3H3. The van der Waals surface area contributed by atoms with E-state index in [0.717, 1.165) is 43.0 Å². The number of aliphatic imine (C=N–C) groups is 1. The van der Waals surface area contributed by atoms with E-state index >= 15 is 0 Å². The number of benzene rings is 2. The molecule has 0 fully saturated rings. The Labute approximate surface area is 164 Å². The zero-order valence-corrected chi connectivity index (χ0v) is 17.4. The SMILES string of the molecule is COc1cccc(N=Cc2c(Br)c(C)n(-c3ccc(Br)cc3)c2C)c1. The number of hydrogen-bond donors (Lipinski definition) is 0. The summed E-state index contributed by atoms with van der Waals surface area (Å²) in [6.45, 7) is 4.20. The van der Waals surface area contributed by atoms with Gasteiger partial charge in [-0.25, -0.2) is 0 Å². The van der Waals surface area contributed by atoms with Crippen LogP contribution in [0.4, 0.5) is 5.69 Å². The summed E-state index contributed by atoms with van der Waals surface area (Å²) in [7, 11) is 1.66. The molecule has 0 amide bonds. The van der Waals surface area contributed by atoms with Gasteiger partial charge in [0.2, 0.25) is 0 Å². The molecule has 5 heteroatoms. The van der Waals surface area contributed by atoms with Crippen LogP contribution in [0.15, 0.2) is 62.5 Å². The van der Waals surface area contributed by atoms with Crippen LogP contribution in [0.1, 0.15) is 17.0 Å². The minimum atomic E-state index is 0.800. The largest absolute Gasteiger partial charge is 0.497 e. The predicted octanol–water partition coefficient (Wildman–Crippen LogP) is 6.38. The summed E-state index contributed by atoms with van der Waals surface area (Å²) in [5, 5.41) is 0. The Morgan fingerprint density at radius 1 is 1.00 bits per heavy atom. The summed E-state index contributed by atoms with van der Waals surface area (Å²) >= 11 is 7.21. The molecule has 0 saturated carbocycles. The van der Waals surface area contributed by atoms with Gasteiger partial charge < -0.3 is 9.30 Å². The molecule has 3 rings (SSSR count). The van der Waals surface area contributed by atoms with Crippen LogP contribution >= 0.6 is 31.9 Å². The average molecular weight is 462 g/mol. The van der Waals surface area contributed by atoms with Gasteiger partial charge in [-0.15, -0.1) is 0 Å². The van der Waals surface area contributed by atoms with Crippen molar-refractivity contribution in [1.29, 1.82) is 0 Å². The van der Waals surface area contributed by atoms with Crippen molar-refractivity contribution in [2.75, 3.05) is 7.11 Å². The molecule has 3 nitrogen and oxygen atoms in total. The lowest BCUT2D eigenvalue weighted by atomic mass is 10.2. The van der Waals surface area contributed by atoms with Crippen LogP contribution in [0.5, 0.6) is 5.75 Å². The molecule has 0 aliphatic carbocycles. The van der Waals surface area contributed by atoms with Crippen molar-refractivity contribution in [2.45, 2.75) is 13.8 Å². The fourth-order valence-electron chi connectivity index (χ4n) is 2.78. The fraction of sp³-hybridized carbons (Fsp3) is 0.150. The van der Waals surface area contributed by atoms with Gasteiger partial charge in [0.15, 0.2) is 0 Å². The second-order valence-electron chi connectivity index (χ2n) is 5.67. The van der Waals surface area contributed by atoms with E-state index < -0.39 is 0 Å². The molecule has 128 valence electrons. The topological polar surface area (TPSA) is 26.5 Å². The maximum Gasteiger partial charge on any atom is 0.121 e. The van der Waals surface area contributed by atoms with Gasteiger partial charge in [0.25, 0.3) is 0 Å². The number of hydrogen-bond acceptors (Lipinski definition) is 2. The molecule has 0 bridgehead atoms. The van der Waals surface area contributed by atoms with E-state index in [1.807, 2.05) is 42.6 Å². The first kappa shape index (κ1) is 18.0. The first-order valence-corrected chi connectivity index (χ1v) is 9.41. The summed E-state index contributed by atoms with van der Waals surface area (Å²) < 4.78 is 9.60. The highest BCUT2D eigenvalue weighted by Crippen LogP contribution is 2.30. The maximum atomic E-state index is 5.25. The Kier molecular flexibility index (Phi) is 5.45. The maximum absolute atomic E-state index is 5.25. The van der Waals surface area contributed by atoms with E-state index in [1.54, 1.807) is 7.11 Å². The monoisotopic (exact) mass is 460 g/mol. The van der Waals surface area contributed by atoms with E-state index in [9.17, 15) is 0 Å². The third-order valence-electron chi connectivity index (χ3n) is 4.10. The average Bonchev–Trinajstić information content (AvgIpc) is 2.83. The molecule has 3 aromatic rings. The van der Waals surface area contributed by atoms with Crippen molar-refractivity contribution < 1.29 is 4.74 Å². The van der Waals surface area contributed by atoms with Crippen molar-refractivity contribution >= 4 is 43.8 Å². The van der Waals surface area contributed by atoms with Gasteiger partial charge in [0.05, 0.1) is 12.8 Å². The normalized spacial score (nSPS) is 11.2. The molecule has 0 atom stereocenters. The van der Waals surface area contributed by atoms with Gasteiger partial charge in [-0.05, 0) is 66.2 Å². The van der Waals surface area contributed by atoms with Gasteiger partial charge in [-0.3, -0.25) is 4.99 Å². The number of nitrogens with zero attached hydrogens (tertiary/aromatic N) is 2. The molecular weight excluding hydrogens is 444 g/mol. The molecular formula is C20H18Br2N2O. The number of aromatic nitrogens is 1. The molecule has 0 N–H and O–H groups in total. The van der Waals surface area contributed by atoms with Crippen LogP contribution in [-0.2, 0) is 0 Å². The van der Waals surface area contributed by atoms with E-state index in [0.29, 0.717) is 0 Å². The van der Waals surface area contributed by atoms with Crippen molar-refractivity contribution in [3.63, 3.8) is 0 Å². The minimum Gasteiger partial charge on any atom is -0.497 e. The van der Waals surface area contributed by atoms with E-state index in [-0.39, 0.29) is 0 Å². The Balaban J connectivity index is 2.01. The Morgan fingerprint density at radius 3 is 2.40 bits per heavy atom. The Morgan fingerprint density at radius 2 is 1.72 bits per heavy atom. The molecule has 1 heterocycles. The van der Waals surface area contributed by atoms with E-state index in [4.69, 9.17) is 4.74 Å². The number of ether oxygens (including phenoxy) is 1. The second kappa shape index (κ2) is 7.58. The first-order valence-electron chi connectivity index (χ1n) is 7.82. The molecule has 2 aromatic carbocycles. The lowest BCUT2D eigenvalue weighted by Crippen LogP contribution is -1.99. The number of methoxy groups -OCH3 is 1. The minimum absolute atomic E-state index is 0.800. The zero-order chi connectivity index (χ0) is 18.0. The van der Waals surface area contributed by atoms with Gasteiger partial charge in [0.1, 0.15) is 5.75 Å².